The Bertz CT molecular complexity index is 1270. The van der Waals surface area contributed by atoms with Crippen molar-refractivity contribution in [1.82, 2.24) is 0 Å². The number of halogens is 2. The van der Waals surface area contributed by atoms with Crippen LogP contribution in [0.15, 0.2) is 90.6 Å². The van der Waals surface area contributed by atoms with Gasteiger partial charge < -0.3 is 31.2 Å². The van der Waals surface area contributed by atoms with Crippen molar-refractivity contribution in [2.45, 2.75) is 87.7 Å². The van der Waals surface area contributed by atoms with E-state index < -0.39 is 0 Å². The molecule has 6 aliphatic carbocycles. The molecule has 0 aromatic rings. The smallest absolute Gasteiger partial charge is 0.109 e. The van der Waals surface area contributed by atoms with Crippen LogP contribution in [0.3, 0.4) is 0 Å². The SMILES string of the molecule is CC1=CC=CC2[CH-]C3(C)C4(C)C=CC=CC4(C)C4(C)C=CC=CC4(C)C3(C)C12C.CC[Si](=[Zr+2])CC.[C-]1=CC=CC1.[Cl-].[Cl-]. The van der Waals surface area contributed by atoms with E-state index in [0.717, 1.165) is 6.42 Å². The Morgan fingerprint density at radius 2 is 1.29 bits per heavy atom. The van der Waals surface area contributed by atoms with Gasteiger partial charge in [0.1, 0.15) is 0 Å². The Morgan fingerprint density at radius 1 is 0.786 bits per heavy atom. The molecule has 6 aliphatic rings. The van der Waals surface area contributed by atoms with Gasteiger partial charge in [0.2, 0.25) is 0 Å². The third-order valence-electron chi connectivity index (χ3n) is 13.5. The summed E-state index contributed by atoms with van der Waals surface area (Å²) in [7, 11) is 0. The van der Waals surface area contributed by atoms with Crippen molar-refractivity contribution in [3.63, 3.8) is 0 Å². The zero-order valence-corrected chi connectivity index (χ0v) is 32.6. The predicted octanol–water partition coefficient (Wildman–Crippen LogP) is 4.52. The molecule has 0 heterocycles. The van der Waals surface area contributed by atoms with Gasteiger partial charge in [0.05, 0.1) is 0 Å². The van der Waals surface area contributed by atoms with Crippen molar-refractivity contribution in [2.75, 3.05) is 0 Å². The maximum atomic E-state index is 2.99. The summed E-state index contributed by atoms with van der Waals surface area (Å²) in [6, 6.07) is 2.94. The normalized spacial score (nSPS) is 44.1. The fourth-order valence-electron chi connectivity index (χ4n) is 9.83. The summed E-state index contributed by atoms with van der Waals surface area (Å²) in [6.45, 7) is 24.9. The Labute approximate surface area is 286 Å². The number of fused-ring (bicyclic) bond motifs is 8. The molecular weight excluding hydrogens is 647 g/mol. The quantitative estimate of drug-likeness (QED) is 0.294. The molecule has 0 saturated heterocycles. The maximum Gasteiger partial charge on any atom is -0.109 e. The van der Waals surface area contributed by atoms with Gasteiger partial charge in [0.25, 0.3) is 0 Å². The standard InChI is InChI=1S/C29H37.C5H5.C4H10Si.2ClH.Zr/c1-21-14-13-15-22-20-27(6)25(4)18-10-9-16-23(25,2)24(3)17-11-12-19-26(24,5)29(27,8)28(21,22)7;1-2-4-5-3-1;1-3-5-4-2;;;/h9-20,22H,1-8H3;1-3H,4H2;3-4H2,1-2H3;2*1H;/q2*-1;;;;+2/p-2. The van der Waals surface area contributed by atoms with Crippen molar-refractivity contribution in [3.05, 3.63) is 103 Å². The maximum absolute atomic E-state index is 2.99. The van der Waals surface area contributed by atoms with E-state index in [-0.39, 0.29) is 68.2 Å². The minimum Gasteiger partial charge on any atom is -1.00 e. The van der Waals surface area contributed by atoms with E-state index in [1.807, 2.05) is 12.2 Å². The van der Waals surface area contributed by atoms with E-state index in [4.69, 9.17) is 0 Å². The summed E-state index contributed by atoms with van der Waals surface area (Å²) >= 11 is 1.80. The van der Waals surface area contributed by atoms with Gasteiger partial charge in [-0.3, -0.25) is 6.08 Å². The summed E-state index contributed by atoms with van der Waals surface area (Å²) in [5.74, 6) is 0.460. The van der Waals surface area contributed by atoms with Crippen LogP contribution >= 0.6 is 0 Å². The van der Waals surface area contributed by atoms with Gasteiger partial charge in [0, 0.05) is 10.8 Å². The Hall–Kier alpha value is -0.400. The predicted molar refractivity (Wildman–Crippen MR) is 172 cm³/mol. The molecular formula is C38H52Cl2SiZr-2. The van der Waals surface area contributed by atoms with Crippen LogP contribution < -0.4 is 24.8 Å². The van der Waals surface area contributed by atoms with E-state index >= 15 is 0 Å². The topological polar surface area (TPSA) is 0 Å². The van der Waals surface area contributed by atoms with E-state index in [0.29, 0.717) is 5.92 Å². The molecule has 0 nitrogen and oxygen atoms in total. The van der Waals surface area contributed by atoms with Crippen LogP contribution in [0, 0.1) is 56.3 Å². The van der Waals surface area contributed by atoms with Gasteiger partial charge in [-0.2, -0.15) is 6.08 Å². The van der Waals surface area contributed by atoms with Gasteiger partial charge >= 0.3 is 54.7 Å². The average molecular weight is 699 g/mol. The minimum absolute atomic E-state index is 0. The van der Waals surface area contributed by atoms with Crippen molar-refractivity contribution < 1.29 is 48.1 Å². The van der Waals surface area contributed by atoms with Gasteiger partial charge in [0.15, 0.2) is 0 Å². The molecule has 6 rings (SSSR count). The monoisotopic (exact) mass is 696 g/mol. The minimum atomic E-state index is 0. The van der Waals surface area contributed by atoms with Crippen molar-refractivity contribution in [3.8, 4) is 0 Å². The molecule has 2 saturated carbocycles. The second kappa shape index (κ2) is 13.1. The van der Waals surface area contributed by atoms with Crippen LogP contribution in [0.5, 0.6) is 0 Å². The fraction of sp³-hybridized carbons (Fsp3) is 0.553. The molecule has 0 amide bonds. The van der Waals surface area contributed by atoms with Crippen LogP contribution in [-0.2, 0) is 23.3 Å². The van der Waals surface area contributed by atoms with Crippen molar-refractivity contribution in [2.24, 2.45) is 43.8 Å². The van der Waals surface area contributed by atoms with Gasteiger partial charge in [-0.05, 0) is 28.6 Å². The number of rotatable bonds is 2. The average Bonchev–Trinajstić information content (AvgIpc) is 3.58. The third kappa shape index (κ3) is 4.65. The van der Waals surface area contributed by atoms with Crippen LogP contribution in [-0.4, -0.2) is 5.43 Å². The number of allylic oxidation sites excluding steroid dienone is 16. The van der Waals surface area contributed by atoms with E-state index in [9.17, 15) is 0 Å². The van der Waals surface area contributed by atoms with Crippen LogP contribution in [0.2, 0.25) is 12.1 Å². The molecule has 2 fully saturated rings. The molecule has 42 heavy (non-hydrogen) atoms. The molecule has 0 aromatic carbocycles. The molecule has 0 aromatic heterocycles. The Morgan fingerprint density at radius 3 is 1.71 bits per heavy atom. The van der Waals surface area contributed by atoms with Crippen LogP contribution in [0.1, 0.15) is 75.7 Å². The number of hydrogen-bond donors (Lipinski definition) is 0. The summed E-state index contributed by atoms with van der Waals surface area (Å²) in [5.41, 5.74) is 1.95. The first-order valence-corrected chi connectivity index (χ1v) is 21.0. The van der Waals surface area contributed by atoms with Crippen molar-refractivity contribution >= 4 is 5.43 Å². The summed E-state index contributed by atoms with van der Waals surface area (Å²) in [4.78, 5) is 0. The molecule has 4 heteroatoms. The first-order valence-electron chi connectivity index (χ1n) is 15.4. The van der Waals surface area contributed by atoms with Crippen LogP contribution in [0.4, 0.5) is 0 Å². The van der Waals surface area contributed by atoms with Gasteiger partial charge in [-0.1, -0.05) is 115 Å². The summed E-state index contributed by atoms with van der Waals surface area (Å²) in [5, 5.41) is 0. The summed E-state index contributed by atoms with van der Waals surface area (Å²) in [6.07, 6.45) is 39.3. The first-order chi connectivity index (χ1) is 18.7. The van der Waals surface area contributed by atoms with Crippen molar-refractivity contribution in [1.29, 1.82) is 0 Å². The van der Waals surface area contributed by atoms with E-state index in [1.165, 1.54) is 17.7 Å². The third-order valence-corrected chi connectivity index (χ3v) is 20.4. The van der Waals surface area contributed by atoms with Gasteiger partial charge in [-0.15, -0.1) is 23.8 Å². The largest absolute Gasteiger partial charge is 1.00 e. The Kier molecular flexibility index (Phi) is 11.8. The molecule has 0 N–H and O–H groups in total. The molecule has 0 aliphatic heterocycles. The van der Waals surface area contributed by atoms with E-state index in [1.54, 1.807) is 23.3 Å². The molecule has 228 valence electrons. The molecule has 0 bridgehead atoms. The zero-order valence-electron chi connectivity index (χ0n) is 27.6. The second-order valence-electron chi connectivity index (χ2n) is 14.0. The molecule has 8 unspecified atom stereocenters. The molecule has 8 atom stereocenters. The second-order valence-corrected chi connectivity index (χ2v) is 21.9. The van der Waals surface area contributed by atoms with Crippen LogP contribution in [0.25, 0.3) is 0 Å². The fourth-order valence-corrected chi connectivity index (χ4v) is 10.3. The number of hydrogen-bond acceptors (Lipinski definition) is 0. The summed E-state index contributed by atoms with van der Waals surface area (Å²) < 4.78 is 0. The Balaban J connectivity index is 0.000000403. The zero-order chi connectivity index (χ0) is 29.7. The van der Waals surface area contributed by atoms with E-state index in [2.05, 4.69) is 155 Å². The first kappa shape index (κ1) is 37.8. The van der Waals surface area contributed by atoms with Gasteiger partial charge in [-0.25, -0.2) is 12.2 Å². The molecule has 0 spiro atoms. The molecule has 0 radical (unpaired) electrons.